The second kappa shape index (κ2) is 3.35. The van der Waals surface area contributed by atoms with Gasteiger partial charge < -0.3 is 10.6 Å². The first-order valence-corrected chi connectivity index (χ1v) is 4.22. The molecule has 0 atom stereocenters. The third-order valence-electron chi connectivity index (χ3n) is 2.77. The molecule has 1 aliphatic heterocycles. The summed E-state index contributed by atoms with van der Waals surface area (Å²) in [6.07, 6.45) is 3.81. The third-order valence-corrected chi connectivity index (χ3v) is 2.77. The molecule has 0 aliphatic carbocycles. The highest BCUT2D eigenvalue weighted by molar-refractivity contribution is 4.89. The van der Waals surface area contributed by atoms with Crippen LogP contribution in [0.4, 0.5) is 0 Å². The molecule has 0 bridgehead atoms. The summed E-state index contributed by atoms with van der Waals surface area (Å²) in [7, 11) is 2.08. The van der Waals surface area contributed by atoms with Crippen molar-refractivity contribution in [2.24, 2.45) is 0 Å². The summed E-state index contributed by atoms with van der Waals surface area (Å²) in [5.41, 5.74) is 0.450. The van der Waals surface area contributed by atoms with Crippen molar-refractivity contribution in [1.82, 2.24) is 10.6 Å². The molecule has 0 unspecified atom stereocenters. The van der Waals surface area contributed by atoms with Crippen LogP contribution in [0.1, 0.15) is 26.2 Å². The van der Waals surface area contributed by atoms with E-state index < -0.39 is 0 Å². The maximum atomic E-state index is 3.43. The van der Waals surface area contributed by atoms with E-state index in [0.717, 1.165) is 0 Å². The lowest BCUT2D eigenvalue weighted by molar-refractivity contribution is 0.251. The van der Waals surface area contributed by atoms with Crippen LogP contribution in [0.2, 0.25) is 0 Å². The lowest BCUT2D eigenvalue weighted by Gasteiger charge is -2.36. The maximum Gasteiger partial charge on any atom is 0.0200 e. The molecule has 2 heteroatoms. The normalized spacial score (nSPS) is 24.6. The van der Waals surface area contributed by atoms with Gasteiger partial charge in [-0.25, -0.2) is 0 Å². The average Bonchev–Trinajstić information content (AvgIpc) is 2.06. The first-order chi connectivity index (χ1) is 4.83. The van der Waals surface area contributed by atoms with E-state index in [4.69, 9.17) is 0 Å². The van der Waals surface area contributed by atoms with Gasteiger partial charge in [0.2, 0.25) is 0 Å². The molecular weight excluding hydrogens is 124 g/mol. The van der Waals surface area contributed by atoms with Gasteiger partial charge in [0.05, 0.1) is 0 Å². The van der Waals surface area contributed by atoms with Gasteiger partial charge in [-0.2, -0.15) is 0 Å². The molecule has 1 aliphatic rings. The quantitative estimate of drug-likeness (QED) is 0.594. The Hall–Kier alpha value is -0.0800. The van der Waals surface area contributed by atoms with E-state index >= 15 is 0 Å². The minimum absolute atomic E-state index is 0.450. The van der Waals surface area contributed by atoms with Gasteiger partial charge in [-0.1, -0.05) is 6.92 Å². The van der Waals surface area contributed by atoms with Gasteiger partial charge in [0.25, 0.3) is 0 Å². The van der Waals surface area contributed by atoms with Crippen LogP contribution in [0.25, 0.3) is 0 Å². The molecule has 0 radical (unpaired) electrons. The first kappa shape index (κ1) is 8.02. The molecule has 1 saturated heterocycles. The Morgan fingerprint density at radius 1 is 1.40 bits per heavy atom. The molecule has 0 aromatic rings. The van der Waals surface area contributed by atoms with Crippen LogP contribution < -0.4 is 10.6 Å². The largest absolute Gasteiger partial charge is 0.317 e. The highest BCUT2D eigenvalue weighted by Gasteiger charge is 2.27. The molecule has 1 heterocycles. The minimum Gasteiger partial charge on any atom is -0.317 e. The smallest absolute Gasteiger partial charge is 0.0200 e. The summed E-state index contributed by atoms with van der Waals surface area (Å²) in [6, 6.07) is 0. The van der Waals surface area contributed by atoms with Crippen molar-refractivity contribution in [2.75, 3.05) is 20.1 Å². The van der Waals surface area contributed by atoms with Gasteiger partial charge in [0.15, 0.2) is 0 Å². The second-order valence-corrected chi connectivity index (χ2v) is 3.13. The lowest BCUT2D eigenvalue weighted by Crippen LogP contribution is -2.50. The zero-order valence-corrected chi connectivity index (χ0v) is 7.04. The van der Waals surface area contributed by atoms with E-state index in [0.29, 0.717) is 5.54 Å². The topological polar surface area (TPSA) is 24.1 Å². The molecule has 1 fully saturated rings. The molecule has 0 spiro atoms. The molecule has 2 nitrogen and oxygen atoms in total. The highest BCUT2D eigenvalue weighted by Crippen LogP contribution is 2.20. The summed E-state index contributed by atoms with van der Waals surface area (Å²) in [5, 5.41) is 6.80. The van der Waals surface area contributed by atoms with Gasteiger partial charge in [0.1, 0.15) is 0 Å². The van der Waals surface area contributed by atoms with Gasteiger partial charge >= 0.3 is 0 Å². The Kier molecular flexibility index (Phi) is 2.69. The predicted molar refractivity (Wildman–Crippen MR) is 44.2 cm³/mol. The Labute approximate surface area is 63.4 Å². The van der Waals surface area contributed by atoms with Crippen molar-refractivity contribution < 1.29 is 0 Å². The summed E-state index contributed by atoms with van der Waals surface area (Å²) >= 11 is 0. The lowest BCUT2D eigenvalue weighted by atomic mass is 9.86. The van der Waals surface area contributed by atoms with E-state index in [2.05, 4.69) is 24.6 Å². The fourth-order valence-electron chi connectivity index (χ4n) is 1.69. The Morgan fingerprint density at radius 3 is 2.30 bits per heavy atom. The summed E-state index contributed by atoms with van der Waals surface area (Å²) in [4.78, 5) is 0. The fourth-order valence-corrected chi connectivity index (χ4v) is 1.69. The van der Waals surface area contributed by atoms with Crippen LogP contribution in [0, 0.1) is 0 Å². The van der Waals surface area contributed by atoms with Crippen LogP contribution in [0.3, 0.4) is 0 Å². The van der Waals surface area contributed by atoms with Gasteiger partial charge in [0, 0.05) is 5.54 Å². The zero-order valence-electron chi connectivity index (χ0n) is 7.04. The van der Waals surface area contributed by atoms with Crippen LogP contribution in [0.15, 0.2) is 0 Å². The summed E-state index contributed by atoms with van der Waals surface area (Å²) in [6.45, 7) is 4.62. The van der Waals surface area contributed by atoms with Crippen LogP contribution >= 0.6 is 0 Å². The number of rotatable bonds is 2. The number of nitrogens with one attached hydrogen (secondary N) is 2. The fraction of sp³-hybridized carbons (Fsp3) is 1.00. The first-order valence-electron chi connectivity index (χ1n) is 4.22. The van der Waals surface area contributed by atoms with E-state index in [1.54, 1.807) is 0 Å². The number of hydrogen-bond acceptors (Lipinski definition) is 2. The van der Waals surface area contributed by atoms with Crippen molar-refractivity contribution >= 4 is 0 Å². The van der Waals surface area contributed by atoms with Crippen molar-refractivity contribution in [3.63, 3.8) is 0 Å². The van der Waals surface area contributed by atoms with Crippen molar-refractivity contribution in [2.45, 2.75) is 31.7 Å². The molecular formula is C8H18N2. The maximum absolute atomic E-state index is 3.43. The zero-order chi connectivity index (χ0) is 7.45. The SMILES string of the molecule is CCC1(NC)CCNCC1. The molecule has 10 heavy (non-hydrogen) atoms. The molecule has 2 N–H and O–H groups in total. The predicted octanol–water partition coefficient (Wildman–Crippen LogP) is 0.738. The van der Waals surface area contributed by atoms with Crippen molar-refractivity contribution in [3.8, 4) is 0 Å². The monoisotopic (exact) mass is 142 g/mol. The molecule has 0 aromatic carbocycles. The molecule has 0 amide bonds. The van der Waals surface area contributed by atoms with Gasteiger partial charge in [-0.15, -0.1) is 0 Å². The molecule has 60 valence electrons. The van der Waals surface area contributed by atoms with E-state index in [-0.39, 0.29) is 0 Å². The Bertz CT molecular complexity index is 89.4. The highest BCUT2D eigenvalue weighted by atomic mass is 15.0. The van der Waals surface area contributed by atoms with Crippen LogP contribution in [-0.2, 0) is 0 Å². The number of piperidine rings is 1. The Morgan fingerprint density at radius 2 is 2.00 bits per heavy atom. The molecule has 1 rings (SSSR count). The molecule has 0 saturated carbocycles. The van der Waals surface area contributed by atoms with Crippen LogP contribution in [0.5, 0.6) is 0 Å². The number of hydrogen-bond donors (Lipinski definition) is 2. The molecule has 0 aromatic heterocycles. The van der Waals surface area contributed by atoms with E-state index in [1.807, 2.05) is 0 Å². The van der Waals surface area contributed by atoms with E-state index in [1.165, 1.54) is 32.4 Å². The minimum atomic E-state index is 0.450. The van der Waals surface area contributed by atoms with Gasteiger partial charge in [-0.3, -0.25) is 0 Å². The van der Waals surface area contributed by atoms with Crippen molar-refractivity contribution in [1.29, 1.82) is 0 Å². The third kappa shape index (κ3) is 1.50. The average molecular weight is 142 g/mol. The van der Waals surface area contributed by atoms with Crippen molar-refractivity contribution in [3.05, 3.63) is 0 Å². The summed E-state index contributed by atoms with van der Waals surface area (Å²) in [5.74, 6) is 0. The van der Waals surface area contributed by atoms with E-state index in [9.17, 15) is 0 Å². The Balaban J connectivity index is 2.44. The summed E-state index contributed by atoms with van der Waals surface area (Å²) < 4.78 is 0. The van der Waals surface area contributed by atoms with Crippen LogP contribution in [-0.4, -0.2) is 25.7 Å². The standard InChI is InChI=1S/C8H18N2/c1-3-8(9-2)4-6-10-7-5-8/h9-10H,3-7H2,1-2H3. The van der Waals surface area contributed by atoms with Gasteiger partial charge in [-0.05, 0) is 39.4 Å². The second-order valence-electron chi connectivity index (χ2n) is 3.13.